The Labute approximate surface area is 162 Å². The first-order valence-corrected chi connectivity index (χ1v) is 9.52. The van der Waals surface area contributed by atoms with Gasteiger partial charge in [-0.3, -0.25) is 9.59 Å². The molecule has 1 heterocycles. The molecule has 7 nitrogen and oxygen atoms in total. The van der Waals surface area contributed by atoms with Gasteiger partial charge in [0.05, 0.1) is 13.6 Å². The van der Waals surface area contributed by atoms with Gasteiger partial charge in [0.25, 0.3) is 0 Å². The van der Waals surface area contributed by atoms with Crippen molar-refractivity contribution in [3.8, 4) is 0 Å². The Kier molecular flexibility index (Phi) is 7.82. The van der Waals surface area contributed by atoms with Gasteiger partial charge < -0.3 is 25.3 Å². The van der Waals surface area contributed by atoms with Crippen molar-refractivity contribution in [2.45, 2.75) is 6.04 Å². The molecule has 27 heavy (non-hydrogen) atoms. The number of hydrogen-bond donors (Lipinski definition) is 4. The first-order valence-electron chi connectivity index (χ1n) is 9.52. The highest BCUT2D eigenvalue weighted by Gasteiger charge is 2.30. The summed E-state index contributed by atoms with van der Waals surface area (Å²) in [7, 11) is 6.25. The number of nitrogens with one attached hydrogen (secondary N) is 4. The van der Waals surface area contributed by atoms with E-state index < -0.39 is 11.8 Å². The molecule has 1 aliphatic rings. The van der Waals surface area contributed by atoms with E-state index in [9.17, 15) is 9.59 Å². The van der Waals surface area contributed by atoms with E-state index in [2.05, 4.69) is 53.4 Å². The SMILES string of the molecule is C=CCNC(=O)C(=O)NC[C@@H](c1ccc(N(C)C)cc1)[NH+]1CC[NH+](C)CC1. The van der Waals surface area contributed by atoms with E-state index in [1.165, 1.54) is 15.4 Å². The van der Waals surface area contributed by atoms with Gasteiger partial charge in [-0.25, -0.2) is 0 Å². The van der Waals surface area contributed by atoms with Crippen LogP contribution in [-0.2, 0) is 9.59 Å². The van der Waals surface area contributed by atoms with Crippen LogP contribution < -0.4 is 25.3 Å². The van der Waals surface area contributed by atoms with Gasteiger partial charge in [0.1, 0.15) is 32.2 Å². The molecule has 1 aromatic carbocycles. The number of nitrogens with zero attached hydrogens (tertiary/aromatic N) is 1. The number of hydrogen-bond acceptors (Lipinski definition) is 3. The lowest BCUT2D eigenvalue weighted by molar-refractivity contribution is -1.02. The van der Waals surface area contributed by atoms with Crippen LogP contribution >= 0.6 is 0 Å². The number of carbonyl (C=O) groups is 2. The predicted molar refractivity (Wildman–Crippen MR) is 107 cm³/mol. The molecular weight excluding hydrogens is 342 g/mol. The number of amides is 2. The summed E-state index contributed by atoms with van der Waals surface area (Å²) >= 11 is 0. The zero-order valence-electron chi connectivity index (χ0n) is 16.7. The summed E-state index contributed by atoms with van der Waals surface area (Å²) in [4.78, 5) is 28.9. The second-order valence-electron chi connectivity index (χ2n) is 7.36. The van der Waals surface area contributed by atoms with Crippen LogP contribution in [0.5, 0.6) is 0 Å². The highest BCUT2D eigenvalue weighted by molar-refractivity contribution is 6.35. The van der Waals surface area contributed by atoms with E-state index >= 15 is 0 Å². The van der Waals surface area contributed by atoms with Crippen LogP contribution in [0, 0.1) is 0 Å². The number of benzene rings is 1. The number of anilines is 1. The fraction of sp³-hybridized carbons (Fsp3) is 0.500. The molecule has 1 atom stereocenters. The van der Waals surface area contributed by atoms with E-state index in [1.54, 1.807) is 6.08 Å². The average molecular weight is 376 g/mol. The Hall–Kier alpha value is -2.38. The van der Waals surface area contributed by atoms with Crippen molar-refractivity contribution in [3.63, 3.8) is 0 Å². The van der Waals surface area contributed by atoms with Gasteiger partial charge in [-0.05, 0) is 12.1 Å². The van der Waals surface area contributed by atoms with Crippen molar-refractivity contribution in [2.75, 3.05) is 65.3 Å². The fourth-order valence-electron chi connectivity index (χ4n) is 3.37. The Morgan fingerprint density at radius 2 is 1.70 bits per heavy atom. The maximum absolute atomic E-state index is 12.1. The van der Waals surface area contributed by atoms with Gasteiger partial charge in [-0.2, -0.15) is 0 Å². The molecule has 2 rings (SSSR count). The standard InChI is InChI=1S/C20H31N5O2/c1-5-10-21-19(26)20(27)22-15-18(25-13-11-24(4)12-14-25)16-6-8-17(9-7-16)23(2)3/h5-9,18H,1,10-15H2,2-4H3,(H,21,26)(H,22,27)/p+2/t18-/m0/s1. The van der Waals surface area contributed by atoms with E-state index in [1.807, 2.05) is 14.1 Å². The second-order valence-corrected chi connectivity index (χ2v) is 7.36. The summed E-state index contributed by atoms with van der Waals surface area (Å²) in [5, 5.41) is 5.33. The number of quaternary nitrogens is 2. The monoisotopic (exact) mass is 375 g/mol. The lowest BCUT2D eigenvalue weighted by Crippen LogP contribution is -3.27. The van der Waals surface area contributed by atoms with Gasteiger partial charge in [0.15, 0.2) is 0 Å². The van der Waals surface area contributed by atoms with Crippen LogP contribution in [0.25, 0.3) is 0 Å². The summed E-state index contributed by atoms with van der Waals surface area (Å²) < 4.78 is 0. The minimum Gasteiger partial charge on any atom is -0.378 e. The highest BCUT2D eigenvalue weighted by Crippen LogP contribution is 2.16. The van der Waals surface area contributed by atoms with Gasteiger partial charge in [-0.1, -0.05) is 18.2 Å². The van der Waals surface area contributed by atoms with Crippen LogP contribution in [0.4, 0.5) is 5.69 Å². The van der Waals surface area contributed by atoms with Gasteiger partial charge >= 0.3 is 11.8 Å². The third-order valence-corrected chi connectivity index (χ3v) is 5.13. The Bertz CT molecular complexity index is 636. The molecule has 1 fully saturated rings. The molecule has 2 amide bonds. The molecule has 0 saturated carbocycles. The summed E-state index contributed by atoms with van der Waals surface area (Å²) in [6.07, 6.45) is 1.55. The van der Waals surface area contributed by atoms with Gasteiger partial charge in [0, 0.05) is 31.9 Å². The zero-order chi connectivity index (χ0) is 19.8. The molecule has 148 valence electrons. The summed E-state index contributed by atoms with van der Waals surface area (Å²) in [5.74, 6) is -1.21. The molecule has 4 N–H and O–H groups in total. The van der Waals surface area contributed by atoms with Crippen LogP contribution in [-0.4, -0.2) is 72.2 Å². The molecule has 0 aliphatic carbocycles. The molecule has 0 spiro atoms. The predicted octanol–water partition coefficient (Wildman–Crippen LogP) is -2.37. The largest absolute Gasteiger partial charge is 0.378 e. The summed E-state index contributed by atoms with van der Waals surface area (Å²) in [6, 6.07) is 8.58. The molecule has 0 aromatic heterocycles. The molecule has 1 aromatic rings. The highest BCUT2D eigenvalue weighted by atomic mass is 16.2. The van der Waals surface area contributed by atoms with Crippen molar-refractivity contribution < 1.29 is 19.4 Å². The topological polar surface area (TPSA) is 70.3 Å². The van der Waals surface area contributed by atoms with Crippen molar-refractivity contribution >= 4 is 17.5 Å². The minimum atomic E-state index is -0.616. The number of rotatable bonds is 7. The Morgan fingerprint density at radius 3 is 2.26 bits per heavy atom. The molecular formula is C20H33N5O2+2. The van der Waals surface area contributed by atoms with Crippen LogP contribution in [0.3, 0.4) is 0 Å². The third-order valence-electron chi connectivity index (χ3n) is 5.13. The smallest absolute Gasteiger partial charge is 0.309 e. The quantitative estimate of drug-likeness (QED) is 0.318. The fourth-order valence-corrected chi connectivity index (χ4v) is 3.37. The first kappa shape index (κ1) is 20.9. The van der Waals surface area contributed by atoms with Crippen molar-refractivity contribution in [2.24, 2.45) is 0 Å². The minimum absolute atomic E-state index is 0.130. The zero-order valence-corrected chi connectivity index (χ0v) is 16.7. The summed E-state index contributed by atoms with van der Waals surface area (Å²) in [5.41, 5.74) is 2.32. The normalized spacial score (nSPS) is 20.4. The van der Waals surface area contributed by atoms with Gasteiger partial charge in [0.2, 0.25) is 0 Å². The molecule has 0 radical (unpaired) electrons. The lowest BCUT2D eigenvalue weighted by Gasteiger charge is -2.33. The molecule has 1 aliphatic heterocycles. The molecule has 0 unspecified atom stereocenters. The van der Waals surface area contributed by atoms with E-state index in [0.29, 0.717) is 6.54 Å². The number of carbonyl (C=O) groups excluding carboxylic acids is 2. The van der Waals surface area contributed by atoms with Crippen molar-refractivity contribution in [1.82, 2.24) is 10.6 Å². The average Bonchev–Trinajstić information content (AvgIpc) is 2.67. The number of likely N-dealkylation sites (N-methyl/N-ethyl adjacent to an activating group) is 1. The number of piperazine rings is 1. The van der Waals surface area contributed by atoms with E-state index in [4.69, 9.17) is 0 Å². The Balaban J connectivity index is 2.08. The summed E-state index contributed by atoms with van der Waals surface area (Å²) in [6.45, 7) is 8.57. The molecule has 1 saturated heterocycles. The third kappa shape index (κ3) is 6.08. The maximum atomic E-state index is 12.1. The maximum Gasteiger partial charge on any atom is 0.309 e. The Morgan fingerprint density at radius 1 is 1.11 bits per heavy atom. The van der Waals surface area contributed by atoms with Crippen LogP contribution in [0.2, 0.25) is 0 Å². The van der Waals surface area contributed by atoms with Crippen molar-refractivity contribution in [1.29, 1.82) is 0 Å². The van der Waals surface area contributed by atoms with Gasteiger partial charge in [-0.15, -0.1) is 6.58 Å². The molecule has 7 heteroatoms. The van der Waals surface area contributed by atoms with Crippen LogP contribution in [0.1, 0.15) is 11.6 Å². The second kappa shape index (κ2) is 10.1. The molecule has 0 bridgehead atoms. The van der Waals surface area contributed by atoms with Crippen molar-refractivity contribution in [3.05, 3.63) is 42.5 Å². The lowest BCUT2D eigenvalue weighted by atomic mass is 10.0. The first-order chi connectivity index (χ1) is 12.9. The van der Waals surface area contributed by atoms with E-state index in [-0.39, 0.29) is 12.6 Å². The van der Waals surface area contributed by atoms with E-state index in [0.717, 1.165) is 31.9 Å². The van der Waals surface area contributed by atoms with Crippen LogP contribution in [0.15, 0.2) is 36.9 Å².